The Labute approximate surface area is 87.4 Å². The summed E-state index contributed by atoms with van der Waals surface area (Å²) in [5.74, 6) is -0.758. The molecule has 0 atom stereocenters. The van der Waals surface area contributed by atoms with Crippen LogP contribution in [-0.4, -0.2) is 26.6 Å². The minimum atomic E-state index is -0.466. The van der Waals surface area contributed by atoms with Crippen molar-refractivity contribution in [1.29, 1.82) is 0 Å². The van der Waals surface area contributed by atoms with E-state index in [-0.39, 0.29) is 12.3 Å². The molecule has 0 fully saturated rings. The summed E-state index contributed by atoms with van der Waals surface area (Å²) < 4.78 is 18.1. The van der Waals surface area contributed by atoms with Gasteiger partial charge in [0, 0.05) is 18.8 Å². The summed E-state index contributed by atoms with van der Waals surface area (Å²) in [6.07, 6.45) is 0. The van der Waals surface area contributed by atoms with Crippen LogP contribution in [0.3, 0.4) is 0 Å². The number of carbonyl (C=O) groups excluding carboxylic acids is 1. The van der Waals surface area contributed by atoms with Crippen LogP contribution in [-0.2, 0) is 4.79 Å². The molecule has 1 aromatic rings. The van der Waals surface area contributed by atoms with Crippen molar-refractivity contribution < 1.29 is 13.9 Å². The molecule has 0 aromatic heterocycles. The summed E-state index contributed by atoms with van der Waals surface area (Å²) >= 11 is 0. The summed E-state index contributed by atoms with van der Waals surface area (Å²) in [4.78, 5) is 12.2. The van der Waals surface area contributed by atoms with Crippen LogP contribution in [0.15, 0.2) is 18.2 Å². The van der Waals surface area contributed by atoms with Crippen molar-refractivity contribution in [1.82, 2.24) is 0 Å². The summed E-state index contributed by atoms with van der Waals surface area (Å²) in [6, 6.07) is 4.45. The van der Waals surface area contributed by atoms with Gasteiger partial charge in [-0.2, -0.15) is 0 Å². The molecule has 0 aliphatic carbocycles. The lowest BCUT2D eigenvalue weighted by molar-refractivity contribution is -0.116. The number of anilines is 1. The fourth-order valence-corrected chi connectivity index (χ4v) is 1.22. The van der Waals surface area contributed by atoms with Gasteiger partial charge in [-0.1, -0.05) is 0 Å². The average molecular weight is 212 g/mol. The summed E-state index contributed by atoms with van der Waals surface area (Å²) in [5, 5.41) is 0. The van der Waals surface area contributed by atoms with Crippen LogP contribution in [0.1, 0.15) is 0 Å². The first-order valence-electron chi connectivity index (χ1n) is 4.37. The predicted octanol–water partition coefficient (Wildman–Crippen LogP) is 0.756. The Bertz CT molecular complexity index is 368. The fourth-order valence-electron chi connectivity index (χ4n) is 1.22. The van der Waals surface area contributed by atoms with Crippen molar-refractivity contribution in [3.05, 3.63) is 24.0 Å². The zero-order valence-electron chi connectivity index (χ0n) is 8.66. The van der Waals surface area contributed by atoms with Crippen LogP contribution in [0.4, 0.5) is 10.1 Å². The van der Waals surface area contributed by atoms with E-state index in [1.54, 1.807) is 18.0 Å². The van der Waals surface area contributed by atoms with Crippen LogP contribution in [0.25, 0.3) is 0 Å². The van der Waals surface area contributed by atoms with Gasteiger partial charge < -0.3 is 15.4 Å². The molecule has 15 heavy (non-hydrogen) atoms. The molecule has 0 saturated heterocycles. The van der Waals surface area contributed by atoms with Crippen molar-refractivity contribution >= 4 is 11.6 Å². The maximum atomic E-state index is 13.3. The van der Waals surface area contributed by atoms with Crippen molar-refractivity contribution in [2.45, 2.75) is 0 Å². The van der Waals surface area contributed by atoms with E-state index in [0.717, 1.165) is 0 Å². The number of amides is 1. The van der Waals surface area contributed by atoms with E-state index >= 15 is 0 Å². The summed E-state index contributed by atoms with van der Waals surface area (Å²) in [5.41, 5.74) is 5.60. The molecule has 0 heterocycles. The molecule has 0 saturated carbocycles. The van der Waals surface area contributed by atoms with Crippen molar-refractivity contribution in [2.75, 3.05) is 25.6 Å². The molecule has 1 amide bonds. The highest BCUT2D eigenvalue weighted by Crippen LogP contribution is 2.22. The van der Waals surface area contributed by atoms with E-state index in [4.69, 9.17) is 10.5 Å². The molecule has 0 radical (unpaired) electrons. The van der Waals surface area contributed by atoms with Crippen LogP contribution in [0.5, 0.6) is 5.75 Å². The predicted molar refractivity (Wildman–Crippen MR) is 55.4 cm³/mol. The molecule has 0 aliphatic heterocycles. The second kappa shape index (κ2) is 4.63. The smallest absolute Gasteiger partial charge is 0.236 e. The van der Waals surface area contributed by atoms with Gasteiger partial charge in [-0.25, -0.2) is 4.39 Å². The van der Waals surface area contributed by atoms with Gasteiger partial charge in [-0.3, -0.25) is 4.79 Å². The average Bonchev–Trinajstić information content (AvgIpc) is 2.16. The Morgan fingerprint density at radius 2 is 2.27 bits per heavy atom. The highest BCUT2D eigenvalue weighted by Gasteiger charge is 2.08. The molecular formula is C10H13FN2O2. The molecule has 0 aliphatic rings. The van der Waals surface area contributed by atoms with Gasteiger partial charge in [0.2, 0.25) is 5.91 Å². The SMILES string of the molecule is COc1ccc(N(C)CC(N)=O)cc1F. The van der Waals surface area contributed by atoms with Gasteiger partial charge >= 0.3 is 0 Å². The van der Waals surface area contributed by atoms with E-state index < -0.39 is 11.7 Å². The van der Waals surface area contributed by atoms with Gasteiger partial charge in [0.1, 0.15) is 0 Å². The zero-order valence-corrected chi connectivity index (χ0v) is 8.66. The number of hydrogen-bond donors (Lipinski definition) is 1. The Morgan fingerprint density at radius 3 is 2.73 bits per heavy atom. The van der Waals surface area contributed by atoms with Crippen molar-refractivity contribution in [2.24, 2.45) is 5.73 Å². The summed E-state index contributed by atoms with van der Waals surface area (Å²) in [6.45, 7) is 0.0474. The number of nitrogens with zero attached hydrogens (tertiary/aromatic N) is 1. The van der Waals surface area contributed by atoms with Gasteiger partial charge in [0.15, 0.2) is 11.6 Å². The number of benzene rings is 1. The van der Waals surface area contributed by atoms with E-state index in [9.17, 15) is 9.18 Å². The molecular weight excluding hydrogens is 199 g/mol. The maximum absolute atomic E-state index is 13.3. The number of halogens is 1. The van der Waals surface area contributed by atoms with Crippen molar-refractivity contribution in [3.63, 3.8) is 0 Å². The first kappa shape index (κ1) is 11.3. The molecule has 82 valence electrons. The van der Waals surface area contributed by atoms with Crippen LogP contribution in [0, 0.1) is 5.82 Å². The number of methoxy groups -OCH3 is 1. The molecule has 0 unspecified atom stereocenters. The second-order valence-electron chi connectivity index (χ2n) is 3.14. The monoisotopic (exact) mass is 212 g/mol. The Morgan fingerprint density at radius 1 is 1.60 bits per heavy atom. The third-order valence-corrected chi connectivity index (χ3v) is 1.97. The lowest BCUT2D eigenvalue weighted by Crippen LogP contribution is -2.30. The molecule has 1 aromatic carbocycles. The highest BCUT2D eigenvalue weighted by atomic mass is 19.1. The van der Waals surface area contributed by atoms with E-state index in [0.29, 0.717) is 5.69 Å². The first-order valence-corrected chi connectivity index (χ1v) is 4.37. The van der Waals surface area contributed by atoms with Gasteiger partial charge in [0.05, 0.1) is 13.7 Å². The number of primary amides is 1. The van der Waals surface area contributed by atoms with Crippen molar-refractivity contribution in [3.8, 4) is 5.75 Å². The normalized spacial score (nSPS) is 9.80. The molecule has 0 bridgehead atoms. The van der Waals surface area contributed by atoms with E-state index in [1.165, 1.54) is 19.2 Å². The maximum Gasteiger partial charge on any atom is 0.236 e. The third-order valence-electron chi connectivity index (χ3n) is 1.97. The molecule has 5 heteroatoms. The Hall–Kier alpha value is -1.78. The minimum Gasteiger partial charge on any atom is -0.494 e. The molecule has 1 rings (SSSR count). The highest BCUT2D eigenvalue weighted by molar-refractivity contribution is 5.79. The Balaban J connectivity index is 2.87. The molecule has 0 spiro atoms. The quantitative estimate of drug-likeness (QED) is 0.801. The number of hydrogen-bond acceptors (Lipinski definition) is 3. The van der Waals surface area contributed by atoms with E-state index in [1.807, 2.05) is 0 Å². The zero-order chi connectivity index (χ0) is 11.4. The topological polar surface area (TPSA) is 55.6 Å². The van der Waals surface area contributed by atoms with Gasteiger partial charge in [0.25, 0.3) is 0 Å². The van der Waals surface area contributed by atoms with E-state index in [2.05, 4.69) is 0 Å². The van der Waals surface area contributed by atoms with Gasteiger partial charge in [-0.05, 0) is 12.1 Å². The standard InChI is InChI=1S/C10H13FN2O2/c1-13(6-10(12)14)7-3-4-9(15-2)8(11)5-7/h3-5H,6H2,1-2H3,(H2,12,14). The number of carbonyl (C=O) groups is 1. The number of nitrogens with two attached hydrogens (primary N) is 1. The third kappa shape index (κ3) is 2.83. The number of ether oxygens (including phenoxy) is 1. The second-order valence-corrected chi connectivity index (χ2v) is 3.14. The van der Waals surface area contributed by atoms with Crippen LogP contribution < -0.4 is 15.4 Å². The van der Waals surface area contributed by atoms with Gasteiger partial charge in [-0.15, -0.1) is 0 Å². The summed E-state index contributed by atoms with van der Waals surface area (Å²) in [7, 11) is 3.05. The van der Waals surface area contributed by atoms with Crippen LogP contribution >= 0.6 is 0 Å². The first-order chi connectivity index (χ1) is 7.04. The number of likely N-dealkylation sites (N-methyl/N-ethyl adjacent to an activating group) is 1. The Kier molecular flexibility index (Phi) is 3.49. The lowest BCUT2D eigenvalue weighted by Gasteiger charge is -2.17. The minimum absolute atomic E-state index is 0.0474. The fraction of sp³-hybridized carbons (Fsp3) is 0.300. The molecule has 4 nitrogen and oxygen atoms in total. The lowest BCUT2D eigenvalue weighted by atomic mass is 10.2. The molecule has 2 N–H and O–H groups in total. The van der Waals surface area contributed by atoms with Crippen LogP contribution in [0.2, 0.25) is 0 Å². The number of rotatable bonds is 4. The largest absolute Gasteiger partial charge is 0.494 e.